The molecule has 1 aliphatic rings. The summed E-state index contributed by atoms with van der Waals surface area (Å²) in [7, 11) is -4.02. The minimum absolute atomic E-state index is 0.00576. The van der Waals surface area contributed by atoms with Gasteiger partial charge in [0.05, 0.1) is 5.69 Å². The molecule has 0 saturated carbocycles. The lowest BCUT2D eigenvalue weighted by atomic mass is 10.1. The fourth-order valence-electron chi connectivity index (χ4n) is 3.87. The quantitative estimate of drug-likeness (QED) is 0.191. The first-order chi connectivity index (χ1) is 19.3. The third kappa shape index (κ3) is 5.92. The van der Waals surface area contributed by atoms with Crippen molar-refractivity contribution in [3.8, 4) is 11.5 Å². The molecule has 4 aromatic rings. The second kappa shape index (κ2) is 11.3. The molecule has 4 aromatic carbocycles. The van der Waals surface area contributed by atoms with E-state index in [0.29, 0.717) is 17.9 Å². The number of barbiturate groups is 1. The zero-order valence-corrected chi connectivity index (χ0v) is 21.7. The lowest BCUT2D eigenvalue weighted by Crippen LogP contribution is -2.54. The monoisotopic (exact) mass is 554 g/mol. The Morgan fingerprint density at radius 3 is 1.98 bits per heavy atom. The number of hydrogen-bond acceptors (Lipinski definition) is 7. The summed E-state index contributed by atoms with van der Waals surface area (Å²) in [5.41, 5.74) is 1.39. The third-order valence-electron chi connectivity index (χ3n) is 5.87. The van der Waals surface area contributed by atoms with Gasteiger partial charge in [-0.15, -0.1) is 0 Å². The van der Waals surface area contributed by atoms with Crippen LogP contribution < -0.4 is 19.1 Å². The molecule has 5 rings (SSSR count). The van der Waals surface area contributed by atoms with Crippen LogP contribution in [0.3, 0.4) is 0 Å². The zero-order valence-electron chi connectivity index (χ0n) is 20.9. The summed E-state index contributed by atoms with van der Waals surface area (Å²) in [6.45, 7) is 0.354. The first-order valence-electron chi connectivity index (χ1n) is 12.1. The largest absolute Gasteiger partial charge is 0.489 e. The lowest BCUT2D eigenvalue weighted by Gasteiger charge is -2.26. The Kier molecular flexibility index (Phi) is 7.43. The van der Waals surface area contributed by atoms with Crippen molar-refractivity contribution in [1.29, 1.82) is 0 Å². The average Bonchev–Trinajstić information content (AvgIpc) is 2.96. The van der Waals surface area contributed by atoms with E-state index in [1.54, 1.807) is 42.5 Å². The normalized spacial score (nSPS) is 14.7. The van der Waals surface area contributed by atoms with Crippen LogP contribution in [0.1, 0.15) is 11.1 Å². The summed E-state index contributed by atoms with van der Waals surface area (Å²) in [6.07, 6.45) is 1.31. The molecule has 0 aliphatic carbocycles. The Bertz CT molecular complexity index is 1680. The first-order valence-corrected chi connectivity index (χ1v) is 13.5. The van der Waals surface area contributed by atoms with Gasteiger partial charge < -0.3 is 8.92 Å². The van der Waals surface area contributed by atoms with Gasteiger partial charge in [-0.25, -0.2) is 9.69 Å². The fourth-order valence-corrected chi connectivity index (χ4v) is 4.82. The summed E-state index contributed by atoms with van der Waals surface area (Å²) >= 11 is 0. The van der Waals surface area contributed by atoms with Crippen molar-refractivity contribution in [3.63, 3.8) is 0 Å². The standard InChI is InChI=1S/C30H22N2O7S/c33-28-27(19-21-11-15-25(16-12-21)39-40(36,37)26-9-5-2-6-10-26)29(34)32(30(35)31-28)23-13-17-24(18-14-23)38-20-22-7-3-1-4-8-22/h1-19H,20H2,(H,31,33,35)/b27-19+. The van der Waals surface area contributed by atoms with Gasteiger partial charge in [0.15, 0.2) is 0 Å². The third-order valence-corrected chi connectivity index (χ3v) is 7.14. The number of amides is 4. The average molecular weight is 555 g/mol. The molecule has 0 radical (unpaired) electrons. The number of nitrogens with zero attached hydrogens (tertiary/aromatic N) is 1. The highest BCUT2D eigenvalue weighted by Gasteiger charge is 2.36. The maximum atomic E-state index is 13.2. The van der Waals surface area contributed by atoms with Crippen molar-refractivity contribution >= 4 is 39.7 Å². The molecule has 0 atom stereocenters. The van der Waals surface area contributed by atoms with Gasteiger partial charge >= 0.3 is 16.1 Å². The van der Waals surface area contributed by atoms with Crippen molar-refractivity contribution in [2.24, 2.45) is 0 Å². The van der Waals surface area contributed by atoms with Gasteiger partial charge in [-0.3, -0.25) is 14.9 Å². The molecule has 200 valence electrons. The van der Waals surface area contributed by atoms with E-state index >= 15 is 0 Å². The molecular formula is C30H22N2O7S. The smallest absolute Gasteiger partial charge is 0.339 e. The fraction of sp³-hybridized carbons (Fsp3) is 0.0333. The summed E-state index contributed by atoms with van der Waals surface area (Å²) in [4.78, 5) is 39.1. The topological polar surface area (TPSA) is 119 Å². The van der Waals surface area contributed by atoms with E-state index in [1.807, 2.05) is 30.3 Å². The van der Waals surface area contributed by atoms with E-state index < -0.39 is 28.0 Å². The van der Waals surface area contributed by atoms with Crippen molar-refractivity contribution in [1.82, 2.24) is 5.32 Å². The van der Waals surface area contributed by atoms with E-state index in [2.05, 4.69) is 5.32 Å². The molecule has 1 heterocycles. The Balaban J connectivity index is 1.30. The summed E-state index contributed by atoms with van der Waals surface area (Å²) < 4.78 is 35.8. The number of rotatable bonds is 8. The number of benzene rings is 4. The van der Waals surface area contributed by atoms with Crippen molar-refractivity contribution in [3.05, 3.63) is 126 Å². The van der Waals surface area contributed by atoms with Gasteiger partial charge in [-0.1, -0.05) is 60.7 Å². The number of anilines is 1. The molecular weight excluding hydrogens is 532 g/mol. The molecule has 40 heavy (non-hydrogen) atoms. The summed E-state index contributed by atoms with van der Waals surface area (Å²) in [5.74, 6) is -1.06. The van der Waals surface area contributed by atoms with Gasteiger partial charge in [-0.2, -0.15) is 8.42 Å². The van der Waals surface area contributed by atoms with Crippen LogP contribution in [0, 0.1) is 0 Å². The first kappa shape index (κ1) is 26.4. The van der Waals surface area contributed by atoms with Crippen LogP contribution in [0.4, 0.5) is 10.5 Å². The maximum absolute atomic E-state index is 13.2. The van der Waals surface area contributed by atoms with Crippen LogP contribution in [0.2, 0.25) is 0 Å². The minimum Gasteiger partial charge on any atom is -0.489 e. The van der Waals surface area contributed by atoms with Crippen LogP contribution in [-0.2, 0) is 26.3 Å². The Hall–Kier alpha value is -5.22. The van der Waals surface area contributed by atoms with Crippen LogP contribution in [-0.4, -0.2) is 26.3 Å². The highest BCUT2D eigenvalue weighted by Crippen LogP contribution is 2.26. The molecule has 0 spiro atoms. The number of ether oxygens (including phenoxy) is 1. The van der Waals surface area contributed by atoms with Crippen LogP contribution in [0.25, 0.3) is 6.08 Å². The molecule has 0 aromatic heterocycles. The molecule has 0 bridgehead atoms. The van der Waals surface area contributed by atoms with Crippen LogP contribution in [0.15, 0.2) is 120 Å². The molecule has 1 aliphatic heterocycles. The van der Waals surface area contributed by atoms with Crippen molar-refractivity contribution in [2.75, 3.05) is 4.90 Å². The van der Waals surface area contributed by atoms with Gasteiger partial charge in [0.1, 0.15) is 28.6 Å². The van der Waals surface area contributed by atoms with Gasteiger partial charge in [-0.05, 0) is 65.7 Å². The lowest BCUT2D eigenvalue weighted by molar-refractivity contribution is -0.122. The number of hydrogen-bond donors (Lipinski definition) is 1. The van der Waals surface area contributed by atoms with E-state index in [9.17, 15) is 22.8 Å². The van der Waals surface area contributed by atoms with Crippen molar-refractivity contribution < 1.29 is 31.7 Å². The van der Waals surface area contributed by atoms with E-state index in [4.69, 9.17) is 8.92 Å². The van der Waals surface area contributed by atoms with E-state index in [1.165, 1.54) is 42.5 Å². The van der Waals surface area contributed by atoms with E-state index in [-0.39, 0.29) is 21.9 Å². The molecule has 1 saturated heterocycles. The van der Waals surface area contributed by atoms with Gasteiger partial charge in [0, 0.05) is 0 Å². The molecule has 1 N–H and O–H groups in total. The minimum atomic E-state index is -4.02. The molecule has 10 heteroatoms. The maximum Gasteiger partial charge on any atom is 0.339 e. The second-order valence-corrected chi connectivity index (χ2v) is 10.2. The van der Waals surface area contributed by atoms with Crippen molar-refractivity contribution in [2.45, 2.75) is 11.5 Å². The second-order valence-electron chi connectivity index (χ2n) is 8.65. The highest BCUT2D eigenvalue weighted by atomic mass is 32.2. The van der Waals surface area contributed by atoms with Gasteiger partial charge in [0.25, 0.3) is 11.8 Å². The van der Waals surface area contributed by atoms with Gasteiger partial charge in [0.2, 0.25) is 0 Å². The Morgan fingerprint density at radius 2 is 1.32 bits per heavy atom. The van der Waals surface area contributed by atoms with E-state index in [0.717, 1.165) is 10.5 Å². The SMILES string of the molecule is O=C1NC(=O)N(c2ccc(OCc3ccccc3)cc2)C(=O)/C1=C/c1ccc(OS(=O)(=O)c2ccccc2)cc1. The number of carbonyl (C=O) groups is 3. The number of nitrogens with one attached hydrogen (secondary N) is 1. The summed E-state index contributed by atoms with van der Waals surface area (Å²) in [6, 6.07) is 28.5. The predicted molar refractivity (Wildman–Crippen MR) is 147 cm³/mol. The molecule has 4 amide bonds. The summed E-state index contributed by atoms with van der Waals surface area (Å²) in [5, 5.41) is 2.17. The zero-order chi connectivity index (χ0) is 28.1. The van der Waals surface area contributed by atoms with Crippen LogP contribution >= 0.6 is 0 Å². The number of imide groups is 2. The molecule has 0 unspecified atom stereocenters. The predicted octanol–water partition coefficient (Wildman–Crippen LogP) is 4.70. The highest BCUT2D eigenvalue weighted by molar-refractivity contribution is 7.87. The number of carbonyl (C=O) groups excluding carboxylic acids is 3. The molecule has 9 nitrogen and oxygen atoms in total. The molecule has 1 fully saturated rings. The Morgan fingerprint density at radius 1 is 0.725 bits per heavy atom. The number of urea groups is 1. The van der Waals surface area contributed by atoms with Crippen LogP contribution in [0.5, 0.6) is 11.5 Å². The Labute approximate surface area is 230 Å².